The van der Waals surface area contributed by atoms with Crippen molar-refractivity contribution in [2.24, 2.45) is 0 Å². The van der Waals surface area contributed by atoms with Gasteiger partial charge in [0.2, 0.25) is 11.2 Å². The van der Waals surface area contributed by atoms with Gasteiger partial charge >= 0.3 is 5.97 Å². The molecule has 0 saturated heterocycles. The highest BCUT2D eigenvalue weighted by Gasteiger charge is 2.16. The van der Waals surface area contributed by atoms with E-state index in [0.29, 0.717) is 11.3 Å². The molecule has 0 aliphatic rings. The van der Waals surface area contributed by atoms with E-state index in [1.165, 1.54) is 49.6 Å². The molecule has 0 N–H and O–H groups in total. The maximum absolute atomic E-state index is 12.7. The number of fused-ring (bicyclic) bond motifs is 1. The highest BCUT2D eigenvalue weighted by molar-refractivity contribution is 5.92. The van der Waals surface area contributed by atoms with Crippen molar-refractivity contribution in [1.82, 2.24) is 0 Å². The number of benzene rings is 3. The van der Waals surface area contributed by atoms with Crippen LogP contribution >= 0.6 is 0 Å². The first-order chi connectivity index (χ1) is 15.3. The van der Waals surface area contributed by atoms with Gasteiger partial charge in [0.15, 0.2) is 0 Å². The molecule has 160 valence electrons. The van der Waals surface area contributed by atoms with Crippen LogP contribution in [-0.2, 0) is 0 Å². The second-order valence-electron chi connectivity index (χ2n) is 7.15. The summed E-state index contributed by atoms with van der Waals surface area (Å²) in [6.45, 7) is 3.45. The first kappa shape index (κ1) is 20.8. The third kappa shape index (κ3) is 4.20. The molecule has 0 unspecified atom stereocenters. The topological polar surface area (TPSA) is 109 Å². The number of carbonyl (C=O) groups excluding carboxylic acids is 1. The molecule has 0 radical (unpaired) electrons. The molecule has 0 aliphatic heterocycles. The van der Waals surface area contributed by atoms with Gasteiger partial charge in [0.05, 0.1) is 15.9 Å². The number of rotatable bonds is 5. The lowest BCUT2D eigenvalue weighted by Gasteiger charge is -2.08. The Bertz CT molecular complexity index is 1420. The van der Waals surface area contributed by atoms with Gasteiger partial charge in [-0.2, -0.15) is 0 Å². The van der Waals surface area contributed by atoms with Gasteiger partial charge in [-0.15, -0.1) is 0 Å². The molecule has 0 aliphatic carbocycles. The minimum Gasteiger partial charge on any atom is -0.460 e. The third-order valence-electron chi connectivity index (χ3n) is 4.77. The van der Waals surface area contributed by atoms with Crippen LogP contribution in [0.25, 0.3) is 11.0 Å². The fraction of sp³-hybridized carbons (Fsp3) is 0.0833. The van der Waals surface area contributed by atoms with Crippen molar-refractivity contribution in [3.05, 3.63) is 104 Å². The lowest BCUT2D eigenvalue weighted by atomic mass is 10.1. The Labute approximate surface area is 181 Å². The van der Waals surface area contributed by atoms with E-state index in [2.05, 4.69) is 0 Å². The monoisotopic (exact) mass is 431 g/mol. The molecule has 0 spiro atoms. The Hall–Kier alpha value is -4.46. The van der Waals surface area contributed by atoms with E-state index in [-0.39, 0.29) is 39.1 Å². The van der Waals surface area contributed by atoms with E-state index >= 15 is 0 Å². The lowest BCUT2D eigenvalue weighted by Crippen LogP contribution is -2.10. The van der Waals surface area contributed by atoms with Gasteiger partial charge in [0, 0.05) is 17.7 Å². The number of hydrogen-bond acceptors (Lipinski definition) is 7. The molecular formula is C24H17NO7. The van der Waals surface area contributed by atoms with Gasteiger partial charge in [-0.05, 0) is 55.8 Å². The van der Waals surface area contributed by atoms with Crippen molar-refractivity contribution < 1.29 is 23.6 Å². The summed E-state index contributed by atoms with van der Waals surface area (Å²) in [7, 11) is 0. The van der Waals surface area contributed by atoms with Crippen molar-refractivity contribution >= 4 is 22.6 Å². The molecule has 8 nitrogen and oxygen atoms in total. The molecule has 0 fully saturated rings. The van der Waals surface area contributed by atoms with Crippen molar-refractivity contribution in [2.75, 3.05) is 0 Å². The van der Waals surface area contributed by atoms with E-state index in [1.54, 1.807) is 12.1 Å². The number of ether oxygens (including phenoxy) is 2. The zero-order valence-electron chi connectivity index (χ0n) is 17.2. The van der Waals surface area contributed by atoms with Crippen molar-refractivity contribution in [2.45, 2.75) is 13.8 Å². The molecule has 0 amide bonds. The van der Waals surface area contributed by atoms with Crippen LogP contribution in [0.3, 0.4) is 0 Å². The summed E-state index contributed by atoms with van der Waals surface area (Å²) in [6, 6.07) is 15.6. The van der Waals surface area contributed by atoms with Crippen molar-refractivity contribution in [1.29, 1.82) is 0 Å². The highest BCUT2D eigenvalue weighted by atomic mass is 16.6. The maximum Gasteiger partial charge on any atom is 0.343 e. The third-order valence-corrected chi connectivity index (χ3v) is 4.77. The normalized spacial score (nSPS) is 10.7. The minimum absolute atomic E-state index is 0.0363. The number of nitrogens with zero attached hydrogens (tertiary/aromatic N) is 1. The Morgan fingerprint density at radius 1 is 1.00 bits per heavy atom. The Kier molecular flexibility index (Phi) is 5.43. The van der Waals surface area contributed by atoms with E-state index in [1.807, 2.05) is 19.1 Å². The molecule has 32 heavy (non-hydrogen) atoms. The largest absolute Gasteiger partial charge is 0.460 e. The highest BCUT2D eigenvalue weighted by Crippen LogP contribution is 2.25. The van der Waals surface area contributed by atoms with Gasteiger partial charge in [0.1, 0.15) is 23.3 Å². The van der Waals surface area contributed by atoms with Gasteiger partial charge in [-0.3, -0.25) is 14.9 Å². The summed E-state index contributed by atoms with van der Waals surface area (Å²) in [5.41, 5.74) is 1.26. The number of esters is 1. The molecule has 0 saturated carbocycles. The average molecular weight is 431 g/mol. The first-order valence-corrected chi connectivity index (χ1v) is 9.59. The number of nitro benzene ring substituents is 1. The van der Waals surface area contributed by atoms with Gasteiger partial charge in [-0.1, -0.05) is 12.1 Å². The molecule has 0 atom stereocenters. The van der Waals surface area contributed by atoms with E-state index in [0.717, 1.165) is 5.56 Å². The predicted molar refractivity (Wildman–Crippen MR) is 117 cm³/mol. The van der Waals surface area contributed by atoms with Crippen LogP contribution in [0.5, 0.6) is 17.2 Å². The van der Waals surface area contributed by atoms with Crippen LogP contribution in [0.15, 0.2) is 76.1 Å². The quantitative estimate of drug-likeness (QED) is 0.182. The summed E-state index contributed by atoms with van der Waals surface area (Å²) in [4.78, 5) is 35.6. The second kappa shape index (κ2) is 8.35. The van der Waals surface area contributed by atoms with E-state index < -0.39 is 10.9 Å². The fourth-order valence-corrected chi connectivity index (χ4v) is 3.18. The van der Waals surface area contributed by atoms with Crippen LogP contribution in [-0.4, -0.2) is 10.9 Å². The Morgan fingerprint density at radius 3 is 2.53 bits per heavy atom. The molecule has 3 aromatic carbocycles. The van der Waals surface area contributed by atoms with E-state index in [9.17, 15) is 19.7 Å². The summed E-state index contributed by atoms with van der Waals surface area (Å²) in [5.74, 6) is 0.0212. The number of aryl methyl sites for hydroxylation is 2. The van der Waals surface area contributed by atoms with Crippen LogP contribution in [0.4, 0.5) is 5.69 Å². The summed E-state index contributed by atoms with van der Waals surface area (Å²) < 4.78 is 16.5. The average Bonchev–Trinajstić information content (AvgIpc) is 2.75. The van der Waals surface area contributed by atoms with Crippen LogP contribution < -0.4 is 14.9 Å². The SMILES string of the molecule is Cc1cccc(Oc2coc3cc(OC(=O)c4ccc([N+](=O)[O-])c(C)c4)ccc3c2=O)c1. The fourth-order valence-electron chi connectivity index (χ4n) is 3.18. The van der Waals surface area contributed by atoms with Crippen LogP contribution in [0.2, 0.25) is 0 Å². The summed E-state index contributed by atoms with van der Waals surface area (Å²) in [6.07, 6.45) is 1.21. The molecular weight excluding hydrogens is 414 g/mol. The predicted octanol–water partition coefficient (Wildman–Crippen LogP) is 5.33. The Balaban J connectivity index is 1.57. The van der Waals surface area contributed by atoms with Crippen molar-refractivity contribution in [3.63, 3.8) is 0 Å². The number of nitro groups is 1. The van der Waals surface area contributed by atoms with Gasteiger partial charge in [0.25, 0.3) is 5.69 Å². The zero-order chi connectivity index (χ0) is 22.8. The number of hydrogen-bond donors (Lipinski definition) is 0. The maximum atomic E-state index is 12.7. The van der Waals surface area contributed by atoms with E-state index in [4.69, 9.17) is 13.9 Å². The van der Waals surface area contributed by atoms with Gasteiger partial charge in [-0.25, -0.2) is 4.79 Å². The first-order valence-electron chi connectivity index (χ1n) is 9.59. The molecule has 4 aromatic rings. The molecule has 8 heteroatoms. The molecule has 4 rings (SSSR count). The minimum atomic E-state index is -0.691. The lowest BCUT2D eigenvalue weighted by molar-refractivity contribution is -0.385. The second-order valence-corrected chi connectivity index (χ2v) is 7.15. The van der Waals surface area contributed by atoms with Crippen LogP contribution in [0.1, 0.15) is 21.5 Å². The van der Waals surface area contributed by atoms with Gasteiger partial charge < -0.3 is 13.9 Å². The Morgan fingerprint density at radius 2 is 1.81 bits per heavy atom. The molecule has 0 bridgehead atoms. The standard InChI is InChI=1S/C24H17NO7/c1-14-4-3-5-17(10-14)31-22-13-30-21-12-18(7-8-19(21)23(22)26)32-24(27)16-6-9-20(25(28)29)15(2)11-16/h3-13H,1-2H3. The van der Waals surface area contributed by atoms with Crippen LogP contribution in [0, 0.1) is 24.0 Å². The smallest absolute Gasteiger partial charge is 0.343 e. The summed E-state index contributed by atoms with van der Waals surface area (Å²) >= 11 is 0. The number of carbonyl (C=O) groups is 1. The molecule has 1 aromatic heterocycles. The van der Waals surface area contributed by atoms with Crippen molar-refractivity contribution in [3.8, 4) is 17.2 Å². The zero-order valence-corrected chi connectivity index (χ0v) is 17.2. The summed E-state index contributed by atoms with van der Waals surface area (Å²) in [5, 5.41) is 11.2. The molecule has 1 heterocycles.